The molecular weight excluding hydrogens is 476 g/mol. The van der Waals surface area contributed by atoms with Crippen LogP contribution in [0.5, 0.6) is 0 Å². The van der Waals surface area contributed by atoms with E-state index in [-0.39, 0.29) is 31.5 Å². The number of piperidine rings is 1. The molecule has 0 amide bonds. The molecule has 0 aliphatic carbocycles. The molecule has 1 aliphatic rings. The zero-order valence-corrected chi connectivity index (χ0v) is 19.1. The number of aromatic nitrogens is 4. The van der Waals surface area contributed by atoms with E-state index in [9.17, 15) is 13.6 Å². The van der Waals surface area contributed by atoms with Crippen molar-refractivity contribution in [1.82, 2.24) is 20.2 Å². The average molecular weight is 496 g/mol. The third-order valence-corrected chi connectivity index (χ3v) is 6.43. The fourth-order valence-electron chi connectivity index (χ4n) is 4.06. The highest BCUT2D eigenvalue weighted by Crippen LogP contribution is 2.31. The number of carboxylic acid groups (broad SMARTS) is 1. The number of aromatic amines is 1. The van der Waals surface area contributed by atoms with Gasteiger partial charge in [-0.05, 0) is 54.1 Å². The van der Waals surface area contributed by atoms with Crippen molar-refractivity contribution < 1.29 is 18.7 Å². The number of anilines is 1. The van der Waals surface area contributed by atoms with Crippen LogP contribution in [0.4, 0.5) is 14.6 Å². The minimum absolute atomic E-state index is 0.0974. The first kappa shape index (κ1) is 22.9. The summed E-state index contributed by atoms with van der Waals surface area (Å²) in [4.78, 5) is 20.4. The van der Waals surface area contributed by atoms with Gasteiger partial charge in [-0.25, -0.2) is 18.6 Å². The third kappa shape index (κ3) is 4.59. The summed E-state index contributed by atoms with van der Waals surface area (Å²) in [6, 6.07) is 15.4. The summed E-state index contributed by atoms with van der Waals surface area (Å²) in [5, 5.41) is 17.8. The molecule has 10 heteroatoms. The maximum atomic E-state index is 15.0. The molecule has 7 nitrogen and oxygen atoms in total. The van der Waals surface area contributed by atoms with Crippen LogP contribution in [0, 0.1) is 5.82 Å². The smallest absolute Gasteiger partial charge is 0.341 e. The van der Waals surface area contributed by atoms with Crippen molar-refractivity contribution in [3.05, 3.63) is 71.6 Å². The van der Waals surface area contributed by atoms with Crippen LogP contribution in [-0.4, -0.2) is 50.0 Å². The number of rotatable bonds is 5. The molecule has 3 heterocycles. The van der Waals surface area contributed by atoms with Crippen molar-refractivity contribution in [2.45, 2.75) is 18.5 Å². The van der Waals surface area contributed by atoms with E-state index < -0.39 is 17.5 Å². The Morgan fingerprint density at radius 2 is 1.63 bits per heavy atom. The van der Waals surface area contributed by atoms with Gasteiger partial charge in [-0.1, -0.05) is 17.7 Å². The second kappa shape index (κ2) is 9.07. The zero-order valence-electron chi connectivity index (χ0n) is 18.4. The van der Waals surface area contributed by atoms with Crippen molar-refractivity contribution in [2.75, 3.05) is 18.0 Å². The Balaban J connectivity index is 1.31. The summed E-state index contributed by atoms with van der Waals surface area (Å²) < 4.78 is 29.2. The summed E-state index contributed by atoms with van der Waals surface area (Å²) in [6.07, 6.45) is 1.42. The van der Waals surface area contributed by atoms with Crippen LogP contribution in [0.15, 0.2) is 60.8 Å². The number of pyridine rings is 1. The highest BCUT2D eigenvalue weighted by molar-refractivity contribution is 6.30. The van der Waals surface area contributed by atoms with Gasteiger partial charge in [0.05, 0.1) is 5.56 Å². The Bertz CT molecular complexity index is 1370. The molecule has 0 radical (unpaired) electrons. The number of hydrogen-bond acceptors (Lipinski definition) is 5. The van der Waals surface area contributed by atoms with Crippen LogP contribution in [0.25, 0.3) is 33.9 Å². The van der Waals surface area contributed by atoms with Gasteiger partial charge >= 0.3 is 5.97 Å². The van der Waals surface area contributed by atoms with Crippen LogP contribution in [0.2, 0.25) is 5.02 Å². The van der Waals surface area contributed by atoms with E-state index in [2.05, 4.69) is 20.2 Å². The molecule has 35 heavy (non-hydrogen) atoms. The Labute approximate surface area is 204 Å². The summed E-state index contributed by atoms with van der Waals surface area (Å²) in [6.45, 7) is 0.515. The van der Waals surface area contributed by atoms with E-state index in [0.29, 0.717) is 33.6 Å². The fourth-order valence-corrected chi connectivity index (χ4v) is 4.18. The predicted octanol–water partition coefficient (Wildman–Crippen LogP) is 5.39. The van der Waals surface area contributed by atoms with Crippen LogP contribution < -0.4 is 4.90 Å². The van der Waals surface area contributed by atoms with Crippen molar-refractivity contribution in [2.24, 2.45) is 0 Å². The monoisotopic (exact) mass is 495 g/mol. The SMILES string of the molecule is O=C(O)C1(F)CCN(c2ccc(-c3ccc(-c4nnc(-c5ccc(Cl)cc5)[nH]4)c(F)c3)cn2)CC1. The summed E-state index contributed by atoms with van der Waals surface area (Å²) >= 11 is 5.92. The molecule has 0 spiro atoms. The number of carbonyl (C=O) groups is 1. The van der Waals surface area contributed by atoms with Gasteiger partial charge in [-0.15, -0.1) is 10.2 Å². The molecule has 2 aromatic carbocycles. The largest absolute Gasteiger partial charge is 0.479 e. The predicted molar refractivity (Wildman–Crippen MR) is 128 cm³/mol. The van der Waals surface area contributed by atoms with Gasteiger partial charge in [0.2, 0.25) is 5.67 Å². The van der Waals surface area contributed by atoms with E-state index in [1.165, 1.54) is 6.07 Å². The molecule has 178 valence electrons. The van der Waals surface area contributed by atoms with Crippen LogP contribution >= 0.6 is 11.6 Å². The number of nitrogens with one attached hydrogen (secondary N) is 1. The molecule has 5 rings (SSSR count). The molecule has 4 aromatic rings. The van der Waals surface area contributed by atoms with Gasteiger partial charge in [0.25, 0.3) is 0 Å². The molecule has 1 saturated heterocycles. The van der Waals surface area contributed by atoms with E-state index in [0.717, 1.165) is 5.56 Å². The minimum Gasteiger partial charge on any atom is -0.479 e. The van der Waals surface area contributed by atoms with E-state index >= 15 is 0 Å². The standard InChI is InChI=1S/C25H20ClF2N5O2/c26-18-5-1-15(2-6-18)22-30-23(32-31-22)19-7-3-16(13-20(19)27)17-4-8-21(29-14-17)33-11-9-25(28,10-12-33)24(34)35/h1-8,13-14H,9-12H2,(H,34,35)(H,30,31,32). The minimum atomic E-state index is -2.19. The number of carboxylic acids is 1. The van der Waals surface area contributed by atoms with E-state index in [1.807, 2.05) is 4.90 Å². The van der Waals surface area contributed by atoms with E-state index in [4.69, 9.17) is 16.7 Å². The number of benzene rings is 2. The van der Waals surface area contributed by atoms with Gasteiger partial charge in [0.1, 0.15) is 11.6 Å². The highest BCUT2D eigenvalue weighted by Gasteiger charge is 2.42. The Morgan fingerprint density at radius 3 is 2.26 bits per heavy atom. The van der Waals surface area contributed by atoms with Crippen molar-refractivity contribution in [3.63, 3.8) is 0 Å². The first-order valence-electron chi connectivity index (χ1n) is 10.9. The van der Waals surface area contributed by atoms with Crippen molar-refractivity contribution in [1.29, 1.82) is 0 Å². The van der Waals surface area contributed by atoms with E-state index in [1.54, 1.807) is 54.7 Å². The lowest BCUT2D eigenvalue weighted by molar-refractivity contribution is -0.152. The molecule has 2 aromatic heterocycles. The lowest BCUT2D eigenvalue weighted by atomic mass is 9.93. The summed E-state index contributed by atoms with van der Waals surface area (Å²) in [5.74, 6) is -0.449. The zero-order chi connectivity index (χ0) is 24.6. The number of nitrogens with zero attached hydrogens (tertiary/aromatic N) is 4. The van der Waals surface area contributed by atoms with Crippen molar-refractivity contribution in [3.8, 4) is 33.9 Å². The number of H-pyrrole nitrogens is 1. The molecule has 0 bridgehead atoms. The lowest BCUT2D eigenvalue weighted by Crippen LogP contribution is -2.46. The van der Waals surface area contributed by atoms with Gasteiger partial charge in [-0.2, -0.15) is 0 Å². The van der Waals surface area contributed by atoms with Crippen LogP contribution in [0.3, 0.4) is 0 Å². The first-order valence-corrected chi connectivity index (χ1v) is 11.3. The molecule has 0 saturated carbocycles. The second-order valence-corrected chi connectivity index (χ2v) is 8.82. The van der Waals surface area contributed by atoms with Gasteiger partial charge in [0.15, 0.2) is 11.6 Å². The maximum Gasteiger partial charge on any atom is 0.341 e. The number of aliphatic carboxylic acids is 1. The molecule has 2 N–H and O–H groups in total. The van der Waals surface area contributed by atoms with Gasteiger partial charge in [0, 0.05) is 48.3 Å². The Morgan fingerprint density at radius 1 is 0.971 bits per heavy atom. The highest BCUT2D eigenvalue weighted by atomic mass is 35.5. The fraction of sp³-hybridized carbons (Fsp3) is 0.200. The topological polar surface area (TPSA) is 95.0 Å². The normalized spacial score (nSPS) is 15.2. The van der Waals surface area contributed by atoms with Gasteiger partial charge in [-0.3, -0.25) is 0 Å². The number of hydrogen-bond donors (Lipinski definition) is 2. The van der Waals surface area contributed by atoms with Crippen molar-refractivity contribution >= 4 is 23.4 Å². The Kier molecular flexibility index (Phi) is 5.94. The molecule has 1 aliphatic heterocycles. The van der Waals surface area contributed by atoms with Crippen LogP contribution in [-0.2, 0) is 4.79 Å². The molecule has 0 unspecified atom stereocenters. The first-order chi connectivity index (χ1) is 16.8. The summed E-state index contributed by atoms with van der Waals surface area (Å²) in [5.41, 5.74) is 0.225. The third-order valence-electron chi connectivity index (χ3n) is 6.17. The molecule has 0 atom stereocenters. The Hall–Kier alpha value is -3.85. The van der Waals surface area contributed by atoms with Crippen LogP contribution in [0.1, 0.15) is 12.8 Å². The van der Waals surface area contributed by atoms with Gasteiger partial charge < -0.3 is 15.0 Å². The average Bonchev–Trinajstić information content (AvgIpc) is 3.35. The number of halogens is 3. The second-order valence-electron chi connectivity index (χ2n) is 8.39. The lowest BCUT2D eigenvalue weighted by Gasteiger charge is -2.34. The molecular formula is C25H20ClF2N5O2. The number of alkyl halides is 1. The quantitative estimate of drug-likeness (QED) is 0.385. The summed E-state index contributed by atoms with van der Waals surface area (Å²) in [7, 11) is 0. The maximum absolute atomic E-state index is 15.0. The molecule has 1 fully saturated rings.